The van der Waals surface area contributed by atoms with E-state index in [0.717, 1.165) is 17.0 Å². The van der Waals surface area contributed by atoms with Crippen molar-refractivity contribution in [1.82, 2.24) is 4.98 Å². The highest BCUT2D eigenvalue weighted by molar-refractivity contribution is 7.10. The SMILES string of the molecule is O=C(Cc1cccs1)Nc1ccc(Nc2c(F)cccc2F)cn1. The van der Waals surface area contributed by atoms with Crippen LogP contribution in [0.4, 0.5) is 26.0 Å². The molecule has 1 aromatic carbocycles. The molecular weight excluding hydrogens is 332 g/mol. The highest BCUT2D eigenvalue weighted by atomic mass is 32.1. The van der Waals surface area contributed by atoms with Crippen molar-refractivity contribution in [2.75, 3.05) is 10.6 Å². The van der Waals surface area contributed by atoms with Gasteiger partial charge in [0.2, 0.25) is 5.91 Å². The summed E-state index contributed by atoms with van der Waals surface area (Å²) in [6, 6.07) is 10.5. The lowest BCUT2D eigenvalue weighted by molar-refractivity contribution is -0.115. The minimum Gasteiger partial charge on any atom is -0.349 e. The zero-order chi connectivity index (χ0) is 16.9. The van der Waals surface area contributed by atoms with Gasteiger partial charge in [0.1, 0.15) is 23.1 Å². The molecule has 7 heteroatoms. The Kier molecular flexibility index (Phi) is 4.81. The van der Waals surface area contributed by atoms with Gasteiger partial charge in [-0.15, -0.1) is 11.3 Å². The molecule has 4 nitrogen and oxygen atoms in total. The fourth-order valence-corrected chi connectivity index (χ4v) is 2.77. The number of para-hydroxylation sites is 1. The number of hydrogen-bond acceptors (Lipinski definition) is 4. The van der Waals surface area contributed by atoms with Crippen LogP contribution in [-0.2, 0) is 11.2 Å². The van der Waals surface area contributed by atoms with Gasteiger partial charge in [0, 0.05) is 4.88 Å². The minimum absolute atomic E-state index is 0.175. The van der Waals surface area contributed by atoms with Crippen LogP contribution in [0.15, 0.2) is 54.0 Å². The van der Waals surface area contributed by atoms with Crippen molar-refractivity contribution in [3.8, 4) is 0 Å². The second kappa shape index (κ2) is 7.18. The van der Waals surface area contributed by atoms with Gasteiger partial charge in [-0.1, -0.05) is 12.1 Å². The van der Waals surface area contributed by atoms with Gasteiger partial charge in [0.25, 0.3) is 0 Å². The first-order valence-corrected chi connectivity index (χ1v) is 7.99. The Morgan fingerprint density at radius 3 is 2.50 bits per heavy atom. The van der Waals surface area contributed by atoms with Crippen LogP contribution in [0.25, 0.3) is 0 Å². The summed E-state index contributed by atoms with van der Waals surface area (Å²) >= 11 is 1.51. The van der Waals surface area contributed by atoms with E-state index >= 15 is 0 Å². The molecule has 2 N–H and O–H groups in total. The molecule has 122 valence electrons. The Morgan fingerprint density at radius 1 is 1.08 bits per heavy atom. The number of nitrogens with one attached hydrogen (secondary N) is 2. The molecule has 0 aliphatic carbocycles. The fraction of sp³-hybridized carbons (Fsp3) is 0.0588. The largest absolute Gasteiger partial charge is 0.349 e. The van der Waals surface area contributed by atoms with Crippen molar-refractivity contribution in [2.45, 2.75) is 6.42 Å². The summed E-state index contributed by atoms with van der Waals surface area (Å²) in [5.41, 5.74) is 0.170. The van der Waals surface area contributed by atoms with E-state index in [1.54, 1.807) is 12.1 Å². The molecule has 0 spiro atoms. The predicted octanol–water partition coefficient (Wildman–Crippen LogP) is 4.35. The molecule has 0 fully saturated rings. The molecule has 0 bridgehead atoms. The second-order valence-corrected chi connectivity index (χ2v) is 5.99. The van der Waals surface area contributed by atoms with E-state index in [4.69, 9.17) is 0 Å². The minimum atomic E-state index is -0.691. The van der Waals surface area contributed by atoms with Crippen LogP contribution in [0.2, 0.25) is 0 Å². The number of amides is 1. The number of carbonyl (C=O) groups excluding carboxylic acids is 1. The van der Waals surface area contributed by atoms with E-state index in [-0.39, 0.29) is 18.0 Å². The normalized spacial score (nSPS) is 10.4. The van der Waals surface area contributed by atoms with Crippen LogP contribution in [0.5, 0.6) is 0 Å². The smallest absolute Gasteiger partial charge is 0.230 e. The zero-order valence-electron chi connectivity index (χ0n) is 12.4. The number of nitrogens with zero attached hydrogens (tertiary/aromatic N) is 1. The van der Waals surface area contributed by atoms with E-state index in [2.05, 4.69) is 15.6 Å². The number of aromatic nitrogens is 1. The van der Waals surface area contributed by atoms with Crippen LogP contribution in [0.1, 0.15) is 4.88 Å². The summed E-state index contributed by atoms with van der Waals surface area (Å²) in [4.78, 5) is 16.9. The number of anilines is 3. The number of hydrogen-bond donors (Lipinski definition) is 2. The third-order valence-electron chi connectivity index (χ3n) is 3.18. The van der Waals surface area contributed by atoms with Gasteiger partial charge in [-0.05, 0) is 35.7 Å². The summed E-state index contributed by atoms with van der Waals surface area (Å²) in [5, 5.41) is 7.21. The lowest BCUT2D eigenvalue weighted by atomic mass is 10.2. The number of halogens is 2. The molecule has 0 radical (unpaired) electrons. The molecule has 3 aromatic rings. The summed E-state index contributed by atoms with van der Waals surface area (Å²) < 4.78 is 27.2. The van der Waals surface area contributed by atoms with E-state index in [1.807, 2.05) is 17.5 Å². The lowest BCUT2D eigenvalue weighted by Crippen LogP contribution is -2.14. The van der Waals surface area contributed by atoms with Crippen molar-refractivity contribution < 1.29 is 13.6 Å². The Morgan fingerprint density at radius 2 is 1.88 bits per heavy atom. The zero-order valence-corrected chi connectivity index (χ0v) is 13.2. The van der Waals surface area contributed by atoms with Gasteiger partial charge in [0.05, 0.1) is 18.3 Å². The van der Waals surface area contributed by atoms with Crippen LogP contribution in [-0.4, -0.2) is 10.9 Å². The fourth-order valence-electron chi connectivity index (χ4n) is 2.06. The quantitative estimate of drug-likeness (QED) is 0.723. The van der Waals surface area contributed by atoms with E-state index in [9.17, 15) is 13.6 Å². The molecule has 0 unspecified atom stereocenters. The van der Waals surface area contributed by atoms with Gasteiger partial charge >= 0.3 is 0 Å². The van der Waals surface area contributed by atoms with Gasteiger partial charge in [-0.2, -0.15) is 0 Å². The van der Waals surface area contributed by atoms with E-state index < -0.39 is 11.6 Å². The number of carbonyl (C=O) groups is 1. The van der Waals surface area contributed by atoms with Crippen molar-refractivity contribution in [3.63, 3.8) is 0 Å². The maximum Gasteiger partial charge on any atom is 0.230 e. The molecule has 3 rings (SSSR count). The Labute approximate surface area is 141 Å². The Bertz CT molecular complexity index is 815. The maximum atomic E-state index is 13.6. The summed E-state index contributed by atoms with van der Waals surface area (Å²) in [6.45, 7) is 0. The molecule has 0 saturated carbocycles. The molecule has 0 aliphatic rings. The number of benzene rings is 1. The first-order chi connectivity index (χ1) is 11.6. The monoisotopic (exact) mass is 345 g/mol. The molecular formula is C17H13F2N3OS. The van der Waals surface area contributed by atoms with Gasteiger partial charge in [-0.25, -0.2) is 13.8 Å². The van der Waals surface area contributed by atoms with E-state index in [1.165, 1.54) is 23.6 Å². The van der Waals surface area contributed by atoms with Crippen LogP contribution >= 0.6 is 11.3 Å². The number of thiophene rings is 1. The molecule has 1 amide bonds. The summed E-state index contributed by atoms with van der Waals surface area (Å²) in [7, 11) is 0. The lowest BCUT2D eigenvalue weighted by Gasteiger charge is -2.09. The van der Waals surface area contributed by atoms with Crippen LogP contribution < -0.4 is 10.6 Å². The predicted molar refractivity (Wildman–Crippen MR) is 90.5 cm³/mol. The first-order valence-electron chi connectivity index (χ1n) is 7.11. The van der Waals surface area contributed by atoms with Crippen LogP contribution in [0, 0.1) is 11.6 Å². The summed E-state index contributed by atoms with van der Waals surface area (Å²) in [6.07, 6.45) is 1.67. The van der Waals surface area contributed by atoms with Crippen molar-refractivity contribution in [3.05, 3.63) is 70.6 Å². The third-order valence-corrected chi connectivity index (χ3v) is 4.05. The average Bonchev–Trinajstić information content (AvgIpc) is 3.05. The summed E-state index contributed by atoms with van der Waals surface area (Å²) in [5.74, 6) is -1.19. The van der Waals surface area contributed by atoms with Crippen molar-refractivity contribution >= 4 is 34.4 Å². The number of pyridine rings is 1. The topological polar surface area (TPSA) is 54.0 Å². The molecule has 24 heavy (non-hydrogen) atoms. The molecule has 0 atom stereocenters. The molecule has 2 aromatic heterocycles. The third kappa shape index (κ3) is 3.94. The molecule has 0 aliphatic heterocycles. The molecule has 0 saturated heterocycles. The average molecular weight is 345 g/mol. The van der Waals surface area contributed by atoms with Gasteiger partial charge in [-0.3, -0.25) is 4.79 Å². The number of rotatable bonds is 5. The van der Waals surface area contributed by atoms with Gasteiger partial charge in [0.15, 0.2) is 0 Å². The highest BCUT2D eigenvalue weighted by Crippen LogP contribution is 2.23. The standard InChI is InChI=1S/C17H13F2N3OS/c18-13-4-1-5-14(19)17(13)21-11-6-7-15(20-10-11)22-16(23)9-12-3-2-8-24-12/h1-8,10,21H,9H2,(H,20,22,23). The first kappa shape index (κ1) is 16.1. The molecule has 2 heterocycles. The second-order valence-electron chi connectivity index (χ2n) is 4.96. The highest BCUT2D eigenvalue weighted by Gasteiger charge is 2.09. The van der Waals surface area contributed by atoms with Crippen molar-refractivity contribution in [2.24, 2.45) is 0 Å². The Hall–Kier alpha value is -2.80. The Balaban J connectivity index is 1.64. The maximum absolute atomic E-state index is 13.6. The van der Waals surface area contributed by atoms with Crippen LogP contribution in [0.3, 0.4) is 0 Å². The van der Waals surface area contributed by atoms with Gasteiger partial charge < -0.3 is 10.6 Å². The van der Waals surface area contributed by atoms with Crippen molar-refractivity contribution in [1.29, 1.82) is 0 Å². The van der Waals surface area contributed by atoms with E-state index in [0.29, 0.717) is 11.5 Å².